The molecule has 0 aromatic heterocycles. The molecule has 0 spiro atoms. The van der Waals surface area contributed by atoms with Crippen LogP contribution in [0.2, 0.25) is 0 Å². The number of carbonyl (C=O) groups is 1. The molecule has 1 unspecified atom stereocenters. The van der Waals surface area contributed by atoms with Crippen molar-refractivity contribution in [1.82, 2.24) is 5.32 Å². The lowest BCUT2D eigenvalue weighted by molar-refractivity contribution is -0.121. The molecule has 2 aromatic rings. The first kappa shape index (κ1) is 16.6. The summed E-state index contributed by atoms with van der Waals surface area (Å²) in [6.45, 7) is 4.18. The van der Waals surface area contributed by atoms with Gasteiger partial charge in [0.15, 0.2) is 0 Å². The molecule has 22 heavy (non-hydrogen) atoms. The largest absolute Gasteiger partial charge is 0.349 e. The molecule has 0 fully saturated rings. The maximum absolute atomic E-state index is 12.1. The predicted octanol–water partition coefficient (Wildman–Crippen LogP) is 4.74. The molecule has 0 aliphatic heterocycles. The Labute approximate surface area is 137 Å². The first-order valence-corrected chi connectivity index (χ1v) is 8.71. The Morgan fingerprint density at radius 1 is 1.09 bits per heavy atom. The minimum absolute atomic E-state index is 0.109. The summed E-state index contributed by atoms with van der Waals surface area (Å²) in [6, 6.07) is 18.7. The molecule has 0 saturated carbocycles. The van der Waals surface area contributed by atoms with E-state index in [9.17, 15) is 4.79 Å². The molecule has 0 aliphatic rings. The lowest BCUT2D eigenvalue weighted by atomic mass is 10.0. The van der Waals surface area contributed by atoms with Crippen molar-refractivity contribution < 1.29 is 4.79 Å². The molecule has 2 nitrogen and oxygen atoms in total. The monoisotopic (exact) mass is 313 g/mol. The minimum Gasteiger partial charge on any atom is -0.349 e. The Morgan fingerprint density at radius 3 is 2.41 bits per heavy atom. The number of hydrogen-bond acceptors (Lipinski definition) is 2. The van der Waals surface area contributed by atoms with Crippen molar-refractivity contribution in [1.29, 1.82) is 0 Å². The third-order valence-electron chi connectivity index (χ3n) is 3.56. The van der Waals surface area contributed by atoms with Gasteiger partial charge in [0.1, 0.15) is 0 Å². The van der Waals surface area contributed by atoms with Crippen LogP contribution in [0, 0.1) is 6.92 Å². The highest BCUT2D eigenvalue weighted by Gasteiger charge is 2.12. The van der Waals surface area contributed by atoms with Gasteiger partial charge < -0.3 is 5.32 Å². The van der Waals surface area contributed by atoms with Gasteiger partial charge in [-0.3, -0.25) is 4.79 Å². The number of rotatable bonds is 7. The average molecular weight is 313 g/mol. The van der Waals surface area contributed by atoms with Gasteiger partial charge in [0.25, 0.3) is 0 Å². The Hall–Kier alpha value is -1.74. The number of nitrogens with one attached hydrogen (secondary N) is 1. The Balaban J connectivity index is 1.78. The van der Waals surface area contributed by atoms with Gasteiger partial charge in [-0.25, -0.2) is 0 Å². The highest BCUT2D eigenvalue weighted by molar-refractivity contribution is 7.99. The Kier molecular flexibility index (Phi) is 6.53. The molecule has 0 saturated heterocycles. The third kappa shape index (κ3) is 5.23. The summed E-state index contributed by atoms with van der Waals surface area (Å²) in [6.07, 6.45) is 1.45. The van der Waals surface area contributed by atoms with Crippen LogP contribution in [0.15, 0.2) is 59.5 Å². The topological polar surface area (TPSA) is 29.1 Å². The van der Waals surface area contributed by atoms with Crippen LogP contribution in [0.3, 0.4) is 0 Å². The standard InChI is InChI=1S/C19H23NOS/c1-3-18(16-7-5-4-6-8-16)20-19(21)13-14-22-17-11-9-15(2)10-12-17/h4-12,18H,3,13-14H2,1-2H3,(H,20,21). The van der Waals surface area contributed by atoms with Crippen molar-refractivity contribution in [3.05, 3.63) is 65.7 Å². The number of amides is 1. The first-order chi connectivity index (χ1) is 10.7. The summed E-state index contributed by atoms with van der Waals surface area (Å²) in [4.78, 5) is 13.3. The van der Waals surface area contributed by atoms with Crippen molar-refractivity contribution >= 4 is 17.7 Å². The molecule has 3 heteroatoms. The molecule has 2 rings (SSSR count). The van der Waals surface area contributed by atoms with E-state index in [0.717, 1.165) is 12.2 Å². The molecule has 0 heterocycles. The van der Waals surface area contributed by atoms with Crippen LogP contribution in [-0.2, 0) is 4.79 Å². The maximum atomic E-state index is 12.1. The molecular formula is C19H23NOS. The second-order valence-electron chi connectivity index (χ2n) is 5.35. The molecule has 1 amide bonds. The fourth-order valence-corrected chi connectivity index (χ4v) is 3.12. The Morgan fingerprint density at radius 2 is 1.77 bits per heavy atom. The van der Waals surface area contributed by atoms with Crippen LogP contribution in [0.5, 0.6) is 0 Å². The summed E-state index contributed by atoms with van der Waals surface area (Å²) in [5.74, 6) is 0.926. The molecule has 116 valence electrons. The fraction of sp³-hybridized carbons (Fsp3) is 0.316. The van der Waals surface area contributed by atoms with Crippen LogP contribution in [0.1, 0.15) is 36.9 Å². The minimum atomic E-state index is 0.109. The SMILES string of the molecule is CCC(NC(=O)CCSc1ccc(C)cc1)c1ccccc1. The van der Waals surface area contributed by atoms with E-state index in [4.69, 9.17) is 0 Å². The van der Waals surface area contributed by atoms with E-state index in [1.807, 2.05) is 18.2 Å². The molecule has 0 bridgehead atoms. The molecule has 2 aromatic carbocycles. The number of benzene rings is 2. The second kappa shape index (κ2) is 8.64. The first-order valence-electron chi connectivity index (χ1n) is 7.73. The summed E-state index contributed by atoms with van der Waals surface area (Å²) in [7, 11) is 0. The van der Waals surface area contributed by atoms with E-state index in [-0.39, 0.29) is 11.9 Å². The van der Waals surface area contributed by atoms with Gasteiger partial charge in [0.05, 0.1) is 6.04 Å². The molecule has 1 N–H and O–H groups in total. The molecule has 1 atom stereocenters. The van der Waals surface area contributed by atoms with Crippen LogP contribution >= 0.6 is 11.8 Å². The predicted molar refractivity (Wildman–Crippen MR) is 94.1 cm³/mol. The van der Waals surface area contributed by atoms with Crippen molar-refractivity contribution in [3.63, 3.8) is 0 Å². The highest BCUT2D eigenvalue weighted by atomic mass is 32.2. The van der Waals surface area contributed by atoms with Gasteiger partial charge in [-0.2, -0.15) is 0 Å². The van der Waals surface area contributed by atoms with Crippen LogP contribution in [0.25, 0.3) is 0 Å². The van der Waals surface area contributed by atoms with Crippen molar-refractivity contribution in [2.75, 3.05) is 5.75 Å². The van der Waals surface area contributed by atoms with Crippen molar-refractivity contribution in [3.8, 4) is 0 Å². The second-order valence-corrected chi connectivity index (χ2v) is 6.52. The summed E-state index contributed by atoms with van der Waals surface area (Å²) < 4.78 is 0. The highest BCUT2D eigenvalue weighted by Crippen LogP contribution is 2.20. The van der Waals surface area contributed by atoms with Gasteiger partial charge in [0.2, 0.25) is 5.91 Å². The lowest BCUT2D eigenvalue weighted by Gasteiger charge is -2.17. The van der Waals surface area contributed by atoms with E-state index in [1.165, 1.54) is 16.0 Å². The summed E-state index contributed by atoms with van der Waals surface area (Å²) >= 11 is 1.73. The molecule has 0 radical (unpaired) electrons. The number of thioether (sulfide) groups is 1. The third-order valence-corrected chi connectivity index (χ3v) is 4.58. The van der Waals surface area contributed by atoms with Crippen molar-refractivity contribution in [2.45, 2.75) is 37.6 Å². The Bertz CT molecular complexity index is 580. The van der Waals surface area contributed by atoms with Crippen molar-refractivity contribution in [2.24, 2.45) is 0 Å². The van der Waals surface area contributed by atoms with E-state index in [1.54, 1.807) is 11.8 Å². The van der Waals surface area contributed by atoms with E-state index < -0.39 is 0 Å². The van der Waals surface area contributed by atoms with Gasteiger partial charge in [-0.05, 0) is 31.0 Å². The van der Waals surface area contributed by atoms with Gasteiger partial charge >= 0.3 is 0 Å². The maximum Gasteiger partial charge on any atom is 0.221 e. The normalized spacial score (nSPS) is 11.9. The lowest BCUT2D eigenvalue weighted by Crippen LogP contribution is -2.28. The number of aryl methyl sites for hydroxylation is 1. The molecular weight excluding hydrogens is 290 g/mol. The quantitative estimate of drug-likeness (QED) is 0.748. The van der Waals surface area contributed by atoms with Gasteiger partial charge in [0, 0.05) is 17.1 Å². The zero-order valence-electron chi connectivity index (χ0n) is 13.2. The average Bonchev–Trinajstić information content (AvgIpc) is 2.55. The molecule has 0 aliphatic carbocycles. The smallest absolute Gasteiger partial charge is 0.221 e. The number of carbonyl (C=O) groups excluding carboxylic acids is 1. The van der Waals surface area contributed by atoms with Crippen LogP contribution in [-0.4, -0.2) is 11.7 Å². The fourth-order valence-electron chi connectivity index (χ4n) is 2.27. The van der Waals surface area contributed by atoms with E-state index >= 15 is 0 Å². The number of hydrogen-bond donors (Lipinski definition) is 1. The van der Waals surface area contributed by atoms with E-state index in [2.05, 4.69) is 55.6 Å². The summed E-state index contributed by atoms with van der Waals surface area (Å²) in [5, 5.41) is 3.13. The van der Waals surface area contributed by atoms with Gasteiger partial charge in [-0.15, -0.1) is 11.8 Å². The van der Waals surface area contributed by atoms with Crippen LogP contribution < -0.4 is 5.32 Å². The zero-order valence-corrected chi connectivity index (χ0v) is 14.0. The van der Waals surface area contributed by atoms with E-state index in [0.29, 0.717) is 6.42 Å². The van der Waals surface area contributed by atoms with Crippen LogP contribution in [0.4, 0.5) is 0 Å². The van der Waals surface area contributed by atoms with Gasteiger partial charge in [-0.1, -0.05) is 55.0 Å². The summed E-state index contributed by atoms with van der Waals surface area (Å²) in [5.41, 5.74) is 2.43. The zero-order chi connectivity index (χ0) is 15.8.